The number of ketones is 1. The van der Waals surface area contributed by atoms with E-state index in [0.29, 0.717) is 47.0 Å². The molecule has 0 saturated carbocycles. The normalized spacial score (nSPS) is 11.5. The summed E-state index contributed by atoms with van der Waals surface area (Å²) in [5, 5.41) is 4.47. The molecule has 0 saturated heterocycles. The fourth-order valence-electron chi connectivity index (χ4n) is 3.47. The van der Waals surface area contributed by atoms with Gasteiger partial charge in [-0.25, -0.2) is 13.1 Å². The maximum absolute atomic E-state index is 13.6. The van der Waals surface area contributed by atoms with Gasteiger partial charge in [-0.15, -0.1) is 0 Å². The van der Waals surface area contributed by atoms with Crippen LogP contribution in [0.2, 0.25) is 0 Å². The summed E-state index contributed by atoms with van der Waals surface area (Å²) in [6.45, 7) is 14.4. The Hall–Kier alpha value is -2.41. The van der Waals surface area contributed by atoms with Crippen LogP contribution in [0.3, 0.4) is 0 Å². The Kier molecular flexibility index (Phi) is 7.29. The highest BCUT2D eigenvalue weighted by molar-refractivity contribution is 7.90. The SMILES string of the molecule is CCCOc1c(C(=O)c2ccc(S(C)(=O)=O)c(C(C)=C(C)C)c2C)c(C)nn1CC. The lowest BCUT2D eigenvalue weighted by molar-refractivity contribution is 0.103. The van der Waals surface area contributed by atoms with E-state index in [-0.39, 0.29) is 10.7 Å². The van der Waals surface area contributed by atoms with Gasteiger partial charge in [0.2, 0.25) is 11.7 Å². The Labute approximate surface area is 179 Å². The monoisotopic (exact) mass is 432 g/mol. The molecule has 0 atom stereocenters. The summed E-state index contributed by atoms with van der Waals surface area (Å²) >= 11 is 0. The molecular formula is C23H32N2O4S. The molecule has 0 radical (unpaired) electrons. The average molecular weight is 433 g/mol. The average Bonchev–Trinajstić information content (AvgIpc) is 2.99. The highest BCUT2D eigenvalue weighted by atomic mass is 32.2. The van der Waals surface area contributed by atoms with Crippen LogP contribution in [0, 0.1) is 13.8 Å². The zero-order valence-corrected chi connectivity index (χ0v) is 20.0. The van der Waals surface area contributed by atoms with Crippen molar-refractivity contribution < 1.29 is 17.9 Å². The quantitative estimate of drug-likeness (QED) is 0.562. The van der Waals surface area contributed by atoms with Gasteiger partial charge in [-0.3, -0.25) is 4.79 Å². The molecule has 2 rings (SSSR count). The van der Waals surface area contributed by atoms with Crippen LogP contribution in [0.1, 0.15) is 73.8 Å². The van der Waals surface area contributed by atoms with Crippen molar-refractivity contribution in [1.82, 2.24) is 9.78 Å². The fraction of sp³-hybridized carbons (Fsp3) is 0.478. The molecule has 7 heteroatoms. The smallest absolute Gasteiger partial charge is 0.223 e. The molecule has 1 heterocycles. The van der Waals surface area contributed by atoms with Crippen LogP contribution >= 0.6 is 0 Å². The number of ether oxygens (including phenoxy) is 1. The Morgan fingerprint density at radius 1 is 1.10 bits per heavy atom. The summed E-state index contributed by atoms with van der Waals surface area (Å²) in [6.07, 6.45) is 2.00. The van der Waals surface area contributed by atoms with Gasteiger partial charge in [0.1, 0.15) is 5.56 Å². The Bertz CT molecular complexity index is 1100. The summed E-state index contributed by atoms with van der Waals surface area (Å²) in [6, 6.07) is 3.13. The van der Waals surface area contributed by atoms with Crippen LogP contribution in [0.5, 0.6) is 5.88 Å². The van der Waals surface area contributed by atoms with Crippen LogP contribution in [0.25, 0.3) is 5.57 Å². The summed E-state index contributed by atoms with van der Waals surface area (Å²) in [5.41, 5.74) is 4.58. The third kappa shape index (κ3) is 4.51. The second-order valence-electron chi connectivity index (χ2n) is 7.77. The van der Waals surface area contributed by atoms with Crippen molar-refractivity contribution in [3.8, 4) is 5.88 Å². The second-order valence-corrected chi connectivity index (χ2v) is 9.75. The van der Waals surface area contributed by atoms with Gasteiger partial charge in [0.25, 0.3) is 0 Å². The predicted molar refractivity (Wildman–Crippen MR) is 120 cm³/mol. The van der Waals surface area contributed by atoms with Crippen LogP contribution in [-0.4, -0.2) is 36.8 Å². The number of sulfone groups is 1. The lowest BCUT2D eigenvalue weighted by Crippen LogP contribution is -2.12. The summed E-state index contributed by atoms with van der Waals surface area (Å²) < 4.78 is 32.4. The molecule has 0 fully saturated rings. The molecule has 30 heavy (non-hydrogen) atoms. The molecule has 0 aliphatic carbocycles. The van der Waals surface area contributed by atoms with E-state index in [0.717, 1.165) is 17.6 Å². The molecule has 0 aliphatic rings. The molecule has 0 bridgehead atoms. The van der Waals surface area contributed by atoms with E-state index >= 15 is 0 Å². The standard InChI is InChI=1S/C23H32N2O4S/c1-9-13-29-23-21(17(7)24-25(23)10-2)22(26)18-11-12-19(30(8,27)28)20(16(18)6)15(5)14(3)4/h11-12H,9-10,13H2,1-8H3. The number of allylic oxidation sites excluding steroid dienone is 2. The molecule has 0 N–H and O–H groups in total. The van der Waals surface area contributed by atoms with E-state index in [1.165, 1.54) is 12.3 Å². The first-order valence-electron chi connectivity index (χ1n) is 10.2. The van der Waals surface area contributed by atoms with Crippen molar-refractivity contribution in [3.05, 3.63) is 45.7 Å². The minimum atomic E-state index is -3.46. The molecule has 1 aromatic carbocycles. The van der Waals surface area contributed by atoms with E-state index in [2.05, 4.69) is 5.10 Å². The number of hydrogen-bond acceptors (Lipinski definition) is 5. The molecular weight excluding hydrogens is 400 g/mol. The van der Waals surface area contributed by atoms with Crippen molar-refractivity contribution in [2.24, 2.45) is 0 Å². The topological polar surface area (TPSA) is 78.3 Å². The number of hydrogen-bond donors (Lipinski definition) is 0. The Morgan fingerprint density at radius 3 is 2.23 bits per heavy atom. The van der Waals surface area contributed by atoms with Gasteiger partial charge in [0.15, 0.2) is 9.84 Å². The first-order valence-corrected chi connectivity index (χ1v) is 12.1. The summed E-state index contributed by atoms with van der Waals surface area (Å²) in [5.74, 6) is 0.257. The number of nitrogens with zero attached hydrogens (tertiary/aromatic N) is 2. The van der Waals surface area contributed by atoms with Crippen LogP contribution < -0.4 is 4.74 Å². The highest BCUT2D eigenvalue weighted by Gasteiger charge is 2.27. The van der Waals surface area contributed by atoms with Gasteiger partial charge in [-0.1, -0.05) is 12.5 Å². The lowest BCUT2D eigenvalue weighted by atomic mass is 9.91. The van der Waals surface area contributed by atoms with Gasteiger partial charge in [-0.2, -0.15) is 5.10 Å². The predicted octanol–water partition coefficient (Wildman–Crippen LogP) is 4.76. The first kappa shape index (κ1) is 23.9. The van der Waals surface area contributed by atoms with E-state index in [1.54, 1.807) is 24.6 Å². The number of aryl methyl sites for hydroxylation is 2. The van der Waals surface area contributed by atoms with Crippen molar-refractivity contribution in [2.45, 2.75) is 66.3 Å². The zero-order chi connectivity index (χ0) is 22.8. The van der Waals surface area contributed by atoms with Gasteiger partial charge in [-0.05, 0) is 76.8 Å². The van der Waals surface area contributed by atoms with E-state index in [9.17, 15) is 13.2 Å². The van der Waals surface area contributed by atoms with E-state index in [4.69, 9.17) is 4.74 Å². The fourth-order valence-corrected chi connectivity index (χ4v) is 4.47. The molecule has 6 nitrogen and oxygen atoms in total. The van der Waals surface area contributed by atoms with E-state index < -0.39 is 9.84 Å². The summed E-state index contributed by atoms with van der Waals surface area (Å²) in [7, 11) is -3.46. The van der Waals surface area contributed by atoms with Crippen LogP contribution in [0.15, 0.2) is 22.6 Å². The van der Waals surface area contributed by atoms with Crippen molar-refractivity contribution >= 4 is 21.2 Å². The number of benzene rings is 1. The van der Waals surface area contributed by atoms with E-state index in [1.807, 2.05) is 34.6 Å². The van der Waals surface area contributed by atoms with Crippen molar-refractivity contribution in [3.63, 3.8) is 0 Å². The van der Waals surface area contributed by atoms with Crippen molar-refractivity contribution in [2.75, 3.05) is 12.9 Å². The third-order valence-electron chi connectivity index (χ3n) is 5.25. The lowest BCUT2D eigenvalue weighted by Gasteiger charge is -2.17. The number of aromatic nitrogens is 2. The molecule has 0 unspecified atom stereocenters. The Morgan fingerprint density at radius 2 is 1.73 bits per heavy atom. The van der Waals surface area contributed by atoms with Gasteiger partial charge in [0, 0.05) is 18.4 Å². The molecule has 2 aromatic rings. The number of rotatable bonds is 8. The molecule has 0 amide bonds. The first-order chi connectivity index (χ1) is 13.9. The zero-order valence-electron chi connectivity index (χ0n) is 19.2. The third-order valence-corrected chi connectivity index (χ3v) is 6.39. The second kappa shape index (κ2) is 9.16. The minimum absolute atomic E-state index is 0.210. The van der Waals surface area contributed by atoms with Gasteiger partial charge >= 0.3 is 0 Å². The number of carbonyl (C=O) groups excluding carboxylic acids is 1. The van der Waals surface area contributed by atoms with Gasteiger partial charge in [0.05, 0.1) is 17.2 Å². The molecule has 164 valence electrons. The van der Waals surface area contributed by atoms with Gasteiger partial charge < -0.3 is 4.74 Å². The maximum atomic E-state index is 13.6. The number of carbonyl (C=O) groups is 1. The minimum Gasteiger partial charge on any atom is -0.477 e. The summed E-state index contributed by atoms with van der Waals surface area (Å²) in [4.78, 5) is 13.8. The molecule has 0 aliphatic heterocycles. The van der Waals surface area contributed by atoms with Crippen molar-refractivity contribution in [1.29, 1.82) is 0 Å². The highest BCUT2D eigenvalue weighted by Crippen LogP contribution is 2.34. The molecule has 1 aromatic heterocycles. The van der Waals surface area contributed by atoms with Crippen LogP contribution in [-0.2, 0) is 16.4 Å². The maximum Gasteiger partial charge on any atom is 0.223 e. The Balaban J connectivity index is 2.78. The van der Waals surface area contributed by atoms with Crippen LogP contribution in [0.4, 0.5) is 0 Å². The largest absolute Gasteiger partial charge is 0.477 e. The molecule has 0 spiro atoms.